The number of halogens is 1. The number of carbonyl (C=O) groups excluding carboxylic acids is 2. The molecule has 7 heteroatoms. The van der Waals surface area contributed by atoms with Gasteiger partial charge in [-0.25, -0.2) is 9.18 Å². The summed E-state index contributed by atoms with van der Waals surface area (Å²) in [6, 6.07) is 4.73. The molecule has 3 rings (SSSR count). The van der Waals surface area contributed by atoms with Crippen molar-refractivity contribution < 1.29 is 18.7 Å². The molecular weight excluding hydrogens is 291 g/mol. The van der Waals surface area contributed by atoms with Crippen molar-refractivity contribution in [1.29, 1.82) is 0 Å². The Morgan fingerprint density at radius 1 is 1.27 bits per heavy atom. The average Bonchev–Trinajstić information content (AvgIpc) is 2.42. The van der Waals surface area contributed by atoms with Crippen molar-refractivity contribution >= 4 is 22.8 Å². The van der Waals surface area contributed by atoms with Gasteiger partial charge in [0.05, 0.1) is 5.56 Å². The highest BCUT2D eigenvalue weighted by Gasteiger charge is 2.22. The molecule has 1 N–H and O–H groups in total. The highest BCUT2D eigenvalue weighted by Crippen LogP contribution is 2.17. The molecule has 0 saturated carbocycles. The summed E-state index contributed by atoms with van der Waals surface area (Å²) in [5, 5.41) is 0.237. The Kier molecular flexibility index (Phi) is 3.62. The topological polar surface area (TPSA) is 79.5 Å². The van der Waals surface area contributed by atoms with E-state index in [2.05, 4.69) is 4.98 Å². The fourth-order valence-corrected chi connectivity index (χ4v) is 2.26. The minimum atomic E-state index is -0.824. The fraction of sp³-hybridized carbons (Fsp3) is 0.267. The minimum Gasteiger partial charge on any atom is -0.452 e. The number of aromatic nitrogens is 1. The number of hydrogen-bond acceptors (Lipinski definition) is 4. The molecule has 0 bridgehead atoms. The van der Waals surface area contributed by atoms with Crippen molar-refractivity contribution in [2.45, 2.75) is 6.42 Å². The van der Waals surface area contributed by atoms with Crippen molar-refractivity contribution in [1.82, 2.24) is 9.88 Å². The second-order valence-corrected chi connectivity index (χ2v) is 5.05. The molecule has 1 aromatic carbocycles. The highest BCUT2D eigenvalue weighted by molar-refractivity contribution is 6.03. The zero-order valence-corrected chi connectivity index (χ0v) is 11.6. The van der Waals surface area contributed by atoms with E-state index in [0.717, 1.165) is 18.6 Å². The van der Waals surface area contributed by atoms with Crippen molar-refractivity contribution in [3.05, 3.63) is 46.0 Å². The molecule has 0 spiro atoms. The van der Waals surface area contributed by atoms with E-state index in [1.165, 1.54) is 12.1 Å². The average molecular weight is 304 g/mol. The number of likely N-dealkylation sites (tertiary alicyclic amines) is 1. The molecule has 6 nitrogen and oxygen atoms in total. The van der Waals surface area contributed by atoms with Crippen LogP contribution in [-0.2, 0) is 9.53 Å². The van der Waals surface area contributed by atoms with Crippen LogP contribution in [0.5, 0.6) is 0 Å². The Morgan fingerprint density at radius 2 is 2.05 bits per heavy atom. The van der Waals surface area contributed by atoms with Crippen molar-refractivity contribution in [2.24, 2.45) is 0 Å². The monoisotopic (exact) mass is 304 g/mol. The van der Waals surface area contributed by atoms with Gasteiger partial charge in [0.2, 0.25) is 5.56 Å². The molecule has 0 radical (unpaired) electrons. The number of amides is 1. The molecule has 1 amide bonds. The maximum Gasteiger partial charge on any atom is 0.339 e. The number of ether oxygens (including phenoxy) is 1. The number of rotatable bonds is 3. The van der Waals surface area contributed by atoms with Crippen LogP contribution in [0, 0.1) is 5.82 Å². The van der Waals surface area contributed by atoms with Crippen molar-refractivity contribution in [3.63, 3.8) is 0 Å². The SMILES string of the molecule is O=C(OCC(=O)N1CCC1)c1cc(=O)[nH]c2ccc(F)cc12. The lowest BCUT2D eigenvalue weighted by molar-refractivity contribution is -0.137. The Bertz CT molecular complexity index is 811. The van der Waals surface area contributed by atoms with Gasteiger partial charge in [0.1, 0.15) is 5.82 Å². The number of esters is 1. The zero-order chi connectivity index (χ0) is 15.7. The molecule has 1 aromatic heterocycles. The molecule has 22 heavy (non-hydrogen) atoms. The van der Waals surface area contributed by atoms with Gasteiger partial charge in [-0.1, -0.05) is 0 Å². The van der Waals surface area contributed by atoms with Gasteiger partial charge in [0.15, 0.2) is 6.61 Å². The van der Waals surface area contributed by atoms with Crippen LogP contribution in [-0.4, -0.2) is 41.5 Å². The first kappa shape index (κ1) is 14.2. The third-order valence-electron chi connectivity index (χ3n) is 3.56. The van der Waals surface area contributed by atoms with Crippen molar-refractivity contribution in [3.8, 4) is 0 Å². The van der Waals surface area contributed by atoms with Gasteiger partial charge in [-0.2, -0.15) is 0 Å². The van der Waals surface area contributed by atoms with E-state index in [1.807, 2.05) is 0 Å². The summed E-state index contributed by atoms with van der Waals surface area (Å²) in [6.45, 7) is 0.938. The van der Waals surface area contributed by atoms with Crippen LogP contribution in [0.1, 0.15) is 16.8 Å². The third kappa shape index (κ3) is 2.69. The van der Waals surface area contributed by atoms with Gasteiger partial charge < -0.3 is 14.6 Å². The Balaban J connectivity index is 1.85. The normalized spacial score (nSPS) is 13.8. The van der Waals surface area contributed by atoms with Crippen LogP contribution in [0.25, 0.3) is 10.9 Å². The standard InChI is InChI=1S/C15H13FN2O4/c16-9-2-3-12-10(6-9)11(7-13(19)17-12)15(21)22-8-14(20)18-4-1-5-18/h2-3,6-7H,1,4-5,8H2,(H,17,19). The minimum absolute atomic E-state index is 0.0605. The van der Waals surface area contributed by atoms with Crippen LogP contribution in [0.15, 0.2) is 29.1 Å². The second kappa shape index (κ2) is 5.59. The van der Waals surface area contributed by atoms with Crippen LogP contribution in [0.2, 0.25) is 0 Å². The smallest absolute Gasteiger partial charge is 0.339 e. The van der Waals surface area contributed by atoms with E-state index < -0.39 is 17.3 Å². The quantitative estimate of drug-likeness (QED) is 0.860. The molecular formula is C15H13FN2O4. The van der Waals surface area contributed by atoms with Crippen LogP contribution in [0.4, 0.5) is 4.39 Å². The van der Waals surface area contributed by atoms with E-state index in [0.29, 0.717) is 18.6 Å². The molecule has 1 saturated heterocycles. The van der Waals surface area contributed by atoms with Crippen LogP contribution < -0.4 is 5.56 Å². The molecule has 1 aliphatic rings. The number of pyridine rings is 1. The van der Waals surface area contributed by atoms with Gasteiger partial charge in [0.25, 0.3) is 5.91 Å². The number of carbonyl (C=O) groups is 2. The predicted molar refractivity (Wildman–Crippen MR) is 76.0 cm³/mol. The Hall–Kier alpha value is -2.70. The summed E-state index contributed by atoms with van der Waals surface area (Å²) in [4.78, 5) is 39.4. The second-order valence-electron chi connectivity index (χ2n) is 5.05. The Morgan fingerprint density at radius 3 is 2.73 bits per heavy atom. The van der Waals surface area contributed by atoms with Crippen molar-refractivity contribution in [2.75, 3.05) is 19.7 Å². The number of H-pyrrole nitrogens is 1. The van der Waals surface area contributed by atoms with Gasteiger partial charge in [-0.05, 0) is 24.6 Å². The highest BCUT2D eigenvalue weighted by atomic mass is 19.1. The molecule has 114 valence electrons. The summed E-state index contributed by atoms with van der Waals surface area (Å²) in [5.41, 5.74) is -0.232. The summed E-state index contributed by atoms with van der Waals surface area (Å²) in [6.07, 6.45) is 0.942. The van der Waals surface area contributed by atoms with Gasteiger partial charge >= 0.3 is 5.97 Å². The van der Waals surface area contributed by atoms with E-state index in [1.54, 1.807) is 4.90 Å². The number of nitrogens with one attached hydrogen (secondary N) is 1. The van der Waals surface area contributed by atoms with E-state index >= 15 is 0 Å². The van der Waals surface area contributed by atoms with Crippen LogP contribution >= 0.6 is 0 Å². The molecule has 0 unspecified atom stereocenters. The first-order valence-electron chi connectivity index (χ1n) is 6.82. The maximum atomic E-state index is 13.3. The van der Waals surface area contributed by atoms with Crippen LogP contribution in [0.3, 0.4) is 0 Å². The summed E-state index contributed by atoms with van der Waals surface area (Å²) >= 11 is 0. The zero-order valence-electron chi connectivity index (χ0n) is 11.6. The maximum absolute atomic E-state index is 13.3. The number of aromatic amines is 1. The molecule has 0 atom stereocenters. The molecule has 0 aliphatic carbocycles. The van der Waals surface area contributed by atoms with Gasteiger partial charge in [-0.3, -0.25) is 9.59 Å². The summed E-state index contributed by atoms with van der Waals surface area (Å²) < 4.78 is 18.3. The molecule has 2 aromatic rings. The number of fused-ring (bicyclic) bond motifs is 1. The number of hydrogen-bond donors (Lipinski definition) is 1. The van der Waals surface area contributed by atoms with Gasteiger partial charge in [0, 0.05) is 30.1 Å². The van der Waals surface area contributed by atoms with E-state index in [9.17, 15) is 18.8 Å². The van der Waals surface area contributed by atoms with Gasteiger partial charge in [-0.15, -0.1) is 0 Å². The number of nitrogens with zero attached hydrogens (tertiary/aromatic N) is 1. The fourth-order valence-electron chi connectivity index (χ4n) is 2.26. The summed E-state index contributed by atoms with van der Waals surface area (Å²) in [7, 11) is 0. The van der Waals surface area contributed by atoms with E-state index in [4.69, 9.17) is 4.74 Å². The largest absolute Gasteiger partial charge is 0.452 e. The first-order chi connectivity index (χ1) is 10.5. The molecule has 1 fully saturated rings. The number of benzene rings is 1. The lowest BCUT2D eigenvalue weighted by Gasteiger charge is -2.30. The first-order valence-corrected chi connectivity index (χ1v) is 6.82. The molecule has 2 heterocycles. The Labute approximate surface area is 124 Å². The lowest BCUT2D eigenvalue weighted by Crippen LogP contribution is -2.44. The van der Waals surface area contributed by atoms with E-state index in [-0.39, 0.29) is 23.5 Å². The predicted octanol–water partition coefficient (Wildman–Crippen LogP) is 1.06. The summed E-state index contributed by atoms with van der Waals surface area (Å²) in [5.74, 6) is -1.64. The lowest BCUT2D eigenvalue weighted by atomic mass is 10.1. The third-order valence-corrected chi connectivity index (χ3v) is 3.56. The molecule has 1 aliphatic heterocycles.